The van der Waals surface area contributed by atoms with Crippen molar-refractivity contribution in [2.45, 2.75) is 6.10 Å². The molecule has 0 aliphatic heterocycles. The highest BCUT2D eigenvalue weighted by Crippen LogP contribution is 2.24. The highest BCUT2D eigenvalue weighted by molar-refractivity contribution is 5.97. The molecule has 1 atom stereocenters. The zero-order valence-electron chi connectivity index (χ0n) is 14.1. The van der Waals surface area contributed by atoms with Crippen LogP contribution in [0.4, 0.5) is 0 Å². The molecule has 134 valence electrons. The van der Waals surface area contributed by atoms with Gasteiger partial charge in [-0.25, -0.2) is 9.97 Å². The Hall–Kier alpha value is -3.60. The van der Waals surface area contributed by atoms with Gasteiger partial charge in [0, 0.05) is 11.8 Å². The predicted octanol–water partition coefficient (Wildman–Crippen LogP) is 2.34. The molecule has 0 aliphatic carbocycles. The number of benzene rings is 2. The fourth-order valence-electron chi connectivity index (χ4n) is 2.29. The molecule has 0 fully saturated rings. The standard InChI is InChI=1S/C20H15N3O4/c21-11-13-1-5-15(6-2-13)27-16-7-3-14(4-8-16)20-22-10-9-17(23-20)19(26)18(25)12-24/h1-10,18,24-25H,12H2/t18-/m0/s1. The van der Waals surface area contributed by atoms with Gasteiger partial charge in [-0.2, -0.15) is 5.26 Å². The first kappa shape index (κ1) is 18.2. The Morgan fingerprint density at radius 2 is 1.70 bits per heavy atom. The Bertz CT molecular complexity index is 979. The Kier molecular flexibility index (Phi) is 5.52. The predicted molar refractivity (Wildman–Crippen MR) is 96.1 cm³/mol. The number of carbonyl (C=O) groups is 1. The van der Waals surface area contributed by atoms with Gasteiger partial charge in [0.15, 0.2) is 5.82 Å². The number of nitriles is 1. The minimum absolute atomic E-state index is 0.0273. The van der Waals surface area contributed by atoms with Crippen molar-refractivity contribution in [3.63, 3.8) is 0 Å². The fourth-order valence-corrected chi connectivity index (χ4v) is 2.29. The lowest BCUT2D eigenvalue weighted by Gasteiger charge is -2.08. The van der Waals surface area contributed by atoms with E-state index < -0.39 is 18.5 Å². The smallest absolute Gasteiger partial charge is 0.212 e. The highest BCUT2D eigenvalue weighted by Gasteiger charge is 2.18. The van der Waals surface area contributed by atoms with E-state index in [0.29, 0.717) is 28.5 Å². The van der Waals surface area contributed by atoms with Crippen molar-refractivity contribution in [1.82, 2.24) is 9.97 Å². The molecule has 0 unspecified atom stereocenters. The summed E-state index contributed by atoms with van der Waals surface area (Å²) < 4.78 is 5.71. The number of ketones is 1. The number of nitrogens with zero attached hydrogens (tertiary/aromatic N) is 3. The lowest BCUT2D eigenvalue weighted by Crippen LogP contribution is -2.25. The quantitative estimate of drug-likeness (QED) is 0.647. The van der Waals surface area contributed by atoms with Crippen LogP contribution in [0, 0.1) is 11.3 Å². The zero-order valence-corrected chi connectivity index (χ0v) is 14.1. The van der Waals surface area contributed by atoms with E-state index in [1.807, 2.05) is 6.07 Å². The third-order valence-electron chi connectivity index (χ3n) is 3.72. The van der Waals surface area contributed by atoms with Gasteiger partial charge in [-0.05, 0) is 54.6 Å². The summed E-state index contributed by atoms with van der Waals surface area (Å²) in [5, 5.41) is 27.2. The van der Waals surface area contributed by atoms with E-state index in [1.54, 1.807) is 48.5 Å². The van der Waals surface area contributed by atoms with E-state index in [9.17, 15) is 9.90 Å². The SMILES string of the molecule is N#Cc1ccc(Oc2ccc(-c3nccc(C(=O)[C@@H](O)CO)n3)cc2)cc1. The van der Waals surface area contributed by atoms with Crippen LogP contribution in [0.25, 0.3) is 11.4 Å². The van der Waals surface area contributed by atoms with Crippen molar-refractivity contribution in [3.05, 3.63) is 72.1 Å². The lowest BCUT2D eigenvalue weighted by atomic mass is 10.1. The molecule has 0 aliphatic rings. The van der Waals surface area contributed by atoms with E-state index in [4.69, 9.17) is 15.1 Å². The van der Waals surface area contributed by atoms with Crippen LogP contribution in [-0.2, 0) is 0 Å². The summed E-state index contributed by atoms with van der Waals surface area (Å²) in [6.45, 7) is -0.667. The maximum absolute atomic E-state index is 11.9. The average molecular weight is 361 g/mol. The number of carbonyl (C=O) groups excluding carboxylic acids is 1. The van der Waals surface area contributed by atoms with Crippen LogP contribution in [0.2, 0.25) is 0 Å². The van der Waals surface area contributed by atoms with Crippen LogP contribution in [0.3, 0.4) is 0 Å². The number of rotatable bonds is 6. The van der Waals surface area contributed by atoms with Crippen molar-refractivity contribution in [3.8, 4) is 29.0 Å². The Morgan fingerprint density at radius 3 is 2.30 bits per heavy atom. The lowest BCUT2D eigenvalue weighted by molar-refractivity contribution is 0.0582. The summed E-state index contributed by atoms with van der Waals surface area (Å²) in [5.74, 6) is 0.841. The van der Waals surface area contributed by atoms with Crippen LogP contribution in [-0.4, -0.2) is 38.7 Å². The molecule has 2 aromatic carbocycles. The fraction of sp³-hybridized carbons (Fsp3) is 0.100. The van der Waals surface area contributed by atoms with Crippen LogP contribution in [0.5, 0.6) is 11.5 Å². The molecular weight excluding hydrogens is 346 g/mol. The highest BCUT2D eigenvalue weighted by atomic mass is 16.5. The van der Waals surface area contributed by atoms with Crippen LogP contribution < -0.4 is 4.74 Å². The third kappa shape index (κ3) is 4.33. The molecule has 3 aromatic rings. The van der Waals surface area contributed by atoms with Crippen LogP contribution in [0.1, 0.15) is 16.1 Å². The first-order valence-electron chi connectivity index (χ1n) is 8.05. The average Bonchev–Trinajstić information content (AvgIpc) is 2.74. The Balaban J connectivity index is 1.77. The van der Waals surface area contributed by atoms with Crippen LogP contribution in [0.15, 0.2) is 60.8 Å². The van der Waals surface area contributed by atoms with Crippen molar-refractivity contribution in [2.75, 3.05) is 6.61 Å². The van der Waals surface area contributed by atoms with Gasteiger partial charge in [-0.1, -0.05) is 0 Å². The van der Waals surface area contributed by atoms with Crippen molar-refractivity contribution < 1.29 is 19.7 Å². The second kappa shape index (κ2) is 8.19. The molecule has 0 spiro atoms. The molecule has 7 heteroatoms. The van der Waals surface area contributed by atoms with Gasteiger partial charge in [0.05, 0.1) is 18.2 Å². The second-order valence-electron chi connectivity index (χ2n) is 5.59. The number of aliphatic hydroxyl groups is 2. The maximum atomic E-state index is 11.9. The molecule has 2 N–H and O–H groups in total. The van der Waals surface area contributed by atoms with E-state index >= 15 is 0 Å². The van der Waals surface area contributed by atoms with Gasteiger partial charge in [0.25, 0.3) is 0 Å². The van der Waals surface area contributed by atoms with E-state index in [1.165, 1.54) is 12.3 Å². The van der Waals surface area contributed by atoms with Gasteiger partial charge in [0.2, 0.25) is 5.78 Å². The van der Waals surface area contributed by atoms with Gasteiger partial charge >= 0.3 is 0 Å². The summed E-state index contributed by atoms with van der Waals surface area (Å²) >= 11 is 0. The Morgan fingerprint density at radius 1 is 1.07 bits per heavy atom. The number of Topliss-reactive ketones (excluding diaryl/α,β-unsaturated/α-hetero) is 1. The summed E-state index contributed by atoms with van der Waals surface area (Å²) in [4.78, 5) is 20.2. The number of hydrogen-bond donors (Lipinski definition) is 2. The molecule has 7 nitrogen and oxygen atoms in total. The van der Waals surface area contributed by atoms with Crippen molar-refractivity contribution >= 4 is 5.78 Å². The molecular formula is C20H15N3O4. The summed E-state index contributed by atoms with van der Waals surface area (Å²) in [5.41, 5.74) is 1.24. The van der Waals surface area contributed by atoms with E-state index in [0.717, 1.165) is 0 Å². The minimum Gasteiger partial charge on any atom is -0.457 e. The summed E-state index contributed by atoms with van der Waals surface area (Å²) in [6, 6.07) is 17.1. The monoisotopic (exact) mass is 361 g/mol. The summed E-state index contributed by atoms with van der Waals surface area (Å²) in [6.07, 6.45) is -0.0863. The third-order valence-corrected chi connectivity index (χ3v) is 3.72. The molecule has 0 amide bonds. The van der Waals surface area contributed by atoms with Gasteiger partial charge < -0.3 is 14.9 Å². The normalized spacial score (nSPS) is 11.4. The molecule has 0 radical (unpaired) electrons. The first-order chi connectivity index (χ1) is 13.1. The minimum atomic E-state index is -1.50. The van der Waals surface area contributed by atoms with E-state index in [2.05, 4.69) is 9.97 Å². The number of aromatic nitrogens is 2. The van der Waals surface area contributed by atoms with Gasteiger partial charge in [-0.15, -0.1) is 0 Å². The maximum Gasteiger partial charge on any atom is 0.212 e. The zero-order chi connectivity index (χ0) is 19.2. The topological polar surface area (TPSA) is 116 Å². The number of ether oxygens (including phenoxy) is 1. The second-order valence-corrected chi connectivity index (χ2v) is 5.59. The molecule has 3 rings (SSSR count). The van der Waals surface area contributed by atoms with Gasteiger partial charge in [-0.3, -0.25) is 4.79 Å². The largest absolute Gasteiger partial charge is 0.457 e. The van der Waals surface area contributed by atoms with E-state index in [-0.39, 0.29) is 5.69 Å². The number of aliphatic hydroxyl groups excluding tert-OH is 2. The molecule has 1 heterocycles. The molecule has 27 heavy (non-hydrogen) atoms. The molecule has 0 saturated heterocycles. The van der Waals surface area contributed by atoms with Crippen molar-refractivity contribution in [2.24, 2.45) is 0 Å². The first-order valence-corrected chi connectivity index (χ1v) is 8.05. The Labute approximate surface area is 155 Å². The van der Waals surface area contributed by atoms with Crippen molar-refractivity contribution in [1.29, 1.82) is 5.26 Å². The molecule has 0 bridgehead atoms. The molecule has 1 aromatic heterocycles. The van der Waals surface area contributed by atoms with Crippen LogP contribution >= 0.6 is 0 Å². The molecule has 0 saturated carbocycles. The summed E-state index contributed by atoms with van der Waals surface area (Å²) in [7, 11) is 0. The number of hydrogen-bond acceptors (Lipinski definition) is 7. The van der Waals surface area contributed by atoms with Gasteiger partial charge in [0.1, 0.15) is 23.3 Å².